The number of nitrogens with zero attached hydrogens (tertiary/aromatic N) is 3. The third kappa shape index (κ3) is 3.27. The van der Waals surface area contributed by atoms with Crippen LogP contribution in [0.15, 0.2) is 12.5 Å². The molecule has 1 fully saturated rings. The minimum absolute atomic E-state index is 0.0582. The first-order valence-corrected chi connectivity index (χ1v) is 7.78. The van der Waals surface area contributed by atoms with Gasteiger partial charge in [0.25, 0.3) is 0 Å². The van der Waals surface area contributed by atoms with E-state index in [1.807, 2.05) is 12.5 Å². The van der Waals surface area contributed by atoms with E-state index in [0.717, 1.165) is 13.1 Å². The largest absolute Gasteiger partial charge is 0.375 e. The van der Waals surface area contributed by atoms with Gasteiger partial charge in [-0.2, -0.15) is 0 Å². The highest BCUT2D eigenvalue weighted by atomic mass is 16.5. The number of rotatable bonds is 5. The van der Waals surface area contributed by atoms with Crippen molar-refractivity contribution < 1.29 is 9.53 Å². The molecule has 2 aliphatic rings. The smallest absolute Gasteiger partial charge is 0.246 e. The number of carbonyl (C=O) groups excluding carboxylic acids is 1. The number of methoxy groups -OCH3 is 1. The second-order valence-corrected chi connectivity index (χ2v) is 6.05. The van der Waals surface area contributed by atoms with Crippen molar-refractivity contribution in [3.05, 3.63) is 18.2 Å². The Kier molecular flexibility index (Phi) is 4.55. The Bertz CT molecular complexity index is 482. The van der Waals surface area contributed by atoms with Crippen LogP contribution in [0.5, 0.6) is 0 Å². The number of hydrogen-bond acceptors (Lipinski definition) is 4. The number of nitrogens with one attached hydrogen (secondary N) is 1. The van der Waals surface area contributed by atoms with Gasteiger partial charge in [0.05, 0.1) is 18.1 Å². The zero-order valence-electron chi connectivity index (χ0n) is 12.6. The van der Waals surface area contributed by atoms with Crippen LogP contribution in [0.1, 0.15) is 37.4 Å². The molecule has 0 radical (unpaired) electrons. The lowest BCUT2D eigenvalue weighted by Crippen LogP contribution is -2.46. The summed E-state index contributed by atoms with van der Waals surface area (Å²) in [5, 5.41) is 2.96. The summed E-state index contributed by atoms with van der Waals surface area (Å²) in [6, 6.07) is 0.962. The molecular weight excluding hydrogens is 268 g/mol. The normalized spacial score (nSPS) is 23.2. The van der Waals surface area contributed by atoms with Gasteiger partial charge in [-0.25, -0.2) is 4.98 Å². The molecule has 1 aromatic rings. The van der Waals surface area contributed by atoms with Gasteiger partial charge in [-0.3, -0.25) is 9.69 Å². The van der Waals surface area contributed by atoms with Gasteiger partial charge < -0.3 is 14.6 Å². The molecule has 1 atom stereocenters. The minimum Gasteiger partial charge on any atom is -0.375 e. The first-order chi connectivity index (χ1) is 10.3. The molecule has 1 aliphatic heterocycles. The first-order valence-electron chi connectivity index (χ1n) is 7.78. The molecule has 0 bridgehead atoms. The van der Waals surface area contributed by atoms with Crippen LogP contribution in [0.3, 0.4) is 0 Å². The monoisotopic (exact) mass is 292 g/mol. The molecule has 1 N–H and O–H groups in total. The van der Waals surface area contributed by atoms with E-state index in [2.05, 4.69) is 19.8 Å². The maximum Gasteiger partial charge on any atom is 0.246 e. The molecule has 1 saturated carbocycles. The quantitative estimate of drug-likeness (QED) is 0.877. The summed E-state index contributed by atoms with van der Waals surface area (Å²) in [5.41, 5.74) is 1.25. The molecule has 1 aromatic heterocycles. The summed E-state index contributed by atoms with van der Waals surface area (Å²) in [4.78, 5) is 18.4. The molecule has 116 valence electrons. The zero-order chi connectivity index (χ0) is 14.7. The number of aromatic nitrogens is 2. The predicted octanol–water partition coefficient (Wildman–Crippen LogP) is 0.945. The fourth-order valence-corrected chi connectivity index (χ4v) is 3.54. The predicted molar refractivity (Wildman–Crippen MR) is 78.8 cm³/mol. The first kappa shape index (κ1) is 14.5. The SMILES string of the molecule is COCC(=O)NCC1CN(C2CCCC2)Cc2cncn21. The molecule has 1 aliphatic carbocycles. The average molecular weight is 292 g/mol. The van der Waals surface area contributed by atoms with Gasteiger partial charge in [-0.05, 0) is 12.8 Å². The van der Waals surface area contributed by atoms with Crippen molar-refractivity contribution in [1.29, 1.82) is 0 Å². The Labute approximate surface area is 125 Å². The second kappa shape index (κ2) is 6.58. The van der Waals surface area contributed by atoms with Crippen LogP contribution in [-0.2, 0) is 16.1 Å². The van der Waals surface area contributed by atoms with Gasteiger partial charge in [-0.15, -0.1) is 0 Å². The fourth-order valence-electron chi connectivity index (χ4n) is 3.54. The van der Waals surface area contributed by atoms with E-state index >= 15 is 0 Å². The Hall–Kier alpha value is -1.40. The van der Waals surface area contributed by atoms with Crippen LogP contribution in [-0.4, -0.2) is 53.2 Å². The lowest BCUT2D eigenvalue weighted by molar-refractivity contribution is -0.124. The maximum absolute atomic E-state index is 11.6. The number of fused-ring (bicyclic) bond motifs is 1. The summed E-state index contributed by atoms with van der Waals surface area (Å²) < 4.78 is 7.07. The topological polar surface area (TPSA) is 59.4 Å². The van der Waals surface area contributed by atoms with Gasteiger partial charge in [0, 0.05) is 39.0 Å². The van der Waals surface area contributed by atoms with Crippen LogP contribution in [0.4, 0.5) is 0 Å². The Morgan fingerprint density at radius 3 is 3.05 bits per heavy atom. The molecular formula is C15H24N4O2. The van der Waals surface area contributed by atoms with Crippen molar-refractivity contribution in [2.24, 2.45) is 0 Å². The molecule has 21 heavy (non-hydrogen) atoms. The van der Waals surface area contributed by atoms with Crippen molar-refractivity contribution in [1.82, 2.24) is 19.8 Å². The van der Waals surface area contributed by atoms with Crippen molar-refractivity contribution in [3.63, 3.8) is 0 Å². The van der Waals surface area contributed by atoms with E-state index in [9.17, 15) is 4.79 Å². The van der Waals surface area contributed by atoms with E-state index in [1.54, 1.807) is 0 Å². The van der Waals surface area contributed by atoms with E-state index in [0.29, 0.717) is 12.6 Å². The molecule has 0 aromatic carbocycles. The van der Waals surface area contributed by atoms with Crippen molar-refractivity contribution in [3.8, 4) is 0 Å². The molecule has 6 heteroatoms. The second-order valence-electron chi connectivity index (χ2n) is 6.05. The lowest BCUT2D eigenvalue weighted by Gasteiger charge is -2.38. The molecule has 1 unspecified atom stereocenters. The number of carbonyl (C=O) groups is 1. The van der Waals surface area contributed by atoms with Gasteiger partial charge >= 0.3 is 0 Å². The van der Waals surface area contributed by atoms with E-state index < -0.39 is 0 Å². The number of imidazole rings is 1. The highest BCUT2D eigenvalue weighted by Gasteiger charge is 2.30. The van der Waals surface area contributed by atoms with Gasteiger partial charge in [0.1, 0.15) is 6.61 Å². The molecule has 0 saturated heterocycles. The van der Waals surface area contributed by atoms with Crippen LogP contribution >= 0.6 is 0 Å². The summed E-state index contributed by atoms with van der Waals surface area (Å²) in [6.07, 6.45) is 9.12. The minimum atomic E-state index is -0.0582. The Morgan fingerprint density at radius 2 is 2.29 bits per heavy atom. The molecule has 6 nitrogen and oxygen atoms in total. The summed E-state index contributed by atoms with van der Waals surface area (Å²) in [6.45, 7) is 2.72. The highest BCUT2D eigenvalue weighted by Crippen LogP contribution is 2.29. The maximum atomic E-state index is 11.6. The van der Waals surface area contributed by atoms with Crippen molar-refractivity contribution >= 4 is 5.91 Å². The Morgan fingerprint density at radius 1 is 1.48 bits per heavy atom. The summed E-state index contributed by atoms with van der Waals surface area (Å²) in [7, 11) is 1.54. The van der Waals surface area contributed by atoms with Crippen LogP contribution in [0.2, 0.25) is 0 Å². The molecule has 1 amide bonds. The number of amides is 1. The van der Waals surface area contributed by atoms with Crippen molar-refractivity contribution in [2.75, 3.05) is 26.8 Å². The summed E-state index contributed by atoms with van der Waals surface area (Å²) >= 11 is 0. The molecule has 2 heterocycles. The third-order valence-corrected chi connectivity index (χ3v) is 4.60. The Balaban J connectivity index is 1.65. The average Bonchev–Trinajstić information content (AvgIpc) is 3.15. The van der Waals surface area contributed by atoms with Gasteiger partial charge in [-0.1, -0.05) is 12.8 Å². The van der Waals surface area contributed by atoms with Crippen LogP contribution in [0.25, 0.3) is 0 Å². The third-order valence-electron chi connectivity index (χ3n) is 4.60. The fraction of sp³-hybridized carbons (Fsp3) is 0.733. The molecule has 3 rings (SSSR count). The number of hydrogen-bond donors (Lipinski definition) is 1. The van der Waals surface area contributed by atoms with E-state index in [-0.39, 0.29) is 18.6 Å². The zero-order valence-corrected chi connectivity index (χ0v) is 12.6. The van der Waals surface area contributed by atoms with Crippen LogP contribution in [0, 0.1) is 0 Å². The van der Waals surface area contributed by atoms with E-state index in [1.165, 1.54) is 38.5 Å². The lowest BCUT2D eigenvalue weighted by atomic mass is 10.1. The van der Waals surface area contributed by atoms with E-state index in [4.69, 9.17) is 4.74 Å². The summed E-state index contributed by atoms with van der Waals surface area (Å²) in [5.74, 6) is -0.0582. The number of ether oxygens (including phenoxy) is 1. The van der Waals surface area contributed by atoms with Gasteiger partial charge in [0.15, 0.2) is 0 Å². The standard InChI is InChI=1S/C15H24N4O2/c1-21-10-15(20)17-7-14-9-18(12-4-2-3-5-12)8-13-6-16-11-19(13)14/h6,11-12,14H,2-5,7-10H2,1H3,(H,17,20). The van der Waals surface area contributed by atoms with Gasteiger partial charge in [0.2, 0.25) is 5.91 Å². The van der Waals surface area contributed by atoms with Crippen LogP contribution < -0.4 is 5.32 Å². The highest BCUT2D eigenvalue weighted by molar-refractivity contribution is 5.77. The van der Waals surface area contributed by atoms with Crippen molar-refractivity contribution in [2.45, 2.75) is 44.3 Å². The molecule has 0 spiro atoms.